The Balaban J connectivity index is 2.86. The molecule has 0 aliphatic rings. The Morgan fingerprint density at radius 3 is 2.71 bits per heavy atom. The van der Waals surface area contributed by atoms with Crippen LogP contribution < -0.4 is 5.32 Å². The highest BCUT2D eigenvalue weighted by Crippen LogP contribution is 2.22. The lowest BCUT2D eigenvalue weighted by molar-refractivity contribution is 0.0912. The SMILES string of the molecule is CC(C)(CCBr)NC(=O)c1cc(Br)ccc1Cl. The molecule has 94 valence electrons. The molecule has 1 N–H and O–H groups in total. The van der Waals surface area contributed by atoms with Gasteiger partial charge in [-0.15, -0.1) is 0 Å². The summed E-state index contributed by atoms with van der Waals surface area (Å²) < 4.78 is 0.838. The predicted octanol–water partition coefficient (Wildman–Crippen LogP) is 4.40. The summed E-state index contributed by atoms with van der Waals surface area (Å²) in [6.07, 6.45) is 0.852. The van der Waals surface area contributed by atoms with Crippen molar-refractivity contribution in [2.75, 3.05) is 5.33 Å². The van der Waals surface area contributed by atoms with E-state index in [9.17, 15) is 4.79 Å². The second-order valence-electron chi connectivity index (χ2n) is 4.40. The lowest BCUT2D eigenvalue weighted by Gasteiger charge is -2.25. The van der Waals surface area contributed by atoms with Gasteiger partial charge in [-0.3, -0.25) is 4.79 Å². The van der Waals surface area contributed by atoms with Gasteiger partial charge in [0.2, 0.25) is 0 Å². The van der Waals surface area contributed by atoms with Crippen LogP contribution in [0.4, 0.5) is 0 Å². The zero-order chi connectivity index (χ0) is 13.1. The Labute approximate surface area is 123 Å². The molecule has 0 fully saturated rings. The van der Waals surface area contributed by atoms with Gasteiger partial charge in [0.05, 0.1) is 10.6 Å². The zero-order valence-corrected chi connectivity index (χ0v) is 13.6. The van der Waals surface area contributed by atoms with Gasteiger partial charge in [-0.2, -0.15) is 0 Å². The van der Waals surface area contributed by atoms with E-state index in [1.54, 1.807) is 12.1 Å². The molecule has 0 unspecified atom stereocenters. The highest BCUT2D eigenvalue weighted by molar-refractivity contribution is 9.10. The largest absolute Gasteiger partial charge is 0.347 e. The number of nitrogens with one attached hydrogen (secondary N) is 1. The van der Waals surface area contributed by atoms with E-state index in [-0.39, 0.29) is 11.4 Å². The van der Waals surface area contributed by atoms with Crippen LogP contribution in [0.2, 0.25) is 5.02 Å². The minimum atomic E-state index is -0.258. The van der Waals surface area contributed by atoms with Crippen molar-refractivity contribution in [2.45, 2.75) is 25.8 Å². The van der Waals surface area contributed by atoms with Gasteiger partial charge in [0, 0.05) is 15.3 Å². The van der Waals surface area contributed by atoms with E-state index in [4.69, 9.17) is 11.6 Å². The average molecular weight is 384 g/mol. The highest BCUT2D eigenvalue weighted by Gasteiger charge is 2.21. The van der Waals surface area contributed by atoms with Crippen LogP contribution >= 0.6 is 43.5 Å². The van der Waals surface area contributed by atoms with Gasteiger partial charge < -0.3 is 5.32 Å². The summed E-state index contributed by atoms with van der Waals surface area (Å²) in [6, 6.07) is 5.24. The van der Waals surface area contributed by atoms with Gasteiger partial charge in [0.25, 0.3) is 5.91 Å². The van der Waals surface area contributed by atoms with Gasteiger partial charge >= 0.3 is 0 Å². The number of alkyl halides is 1. The third-order valence-electron chi connectivity index (χ3n) is 2.34. The van der Waals surface area contributed by atoms with E-state index < -0.39 is 0 Å². The topological polar surface area (TPSA) is 29.1 Å². The molecule has 1 aromatic rings. The summed E-state index contributed by atoms with van der Waals surface area (Å²) in [4.78, 5) is 12.1. The lowest BCUT2D eigenvalue weighted by Crippen LogP contribution is -2.43. The minimum Gasteiger partial charge on any atom is -0.347 e. The molecule has 0 atom stereocenters. The van der Waals surface area contributed by atoms with Gasteiger partial charge in [0.15, 0.2) is 0 Å². The molecule has 0 saturated heterocycles. The first-order chi connectivity index (χ1) is 7.85. The minimum absolute atomic E-state index is 0.151. The zero-order valence-electron chi connectivity index (χ0n) is 9.69. The Bertz CT molecular complexity index is 421. The Kier molecular flexibility index (Phi) is 5.48. The third kappa shape index (κ3) is 4.60. The molecule has 2 nitrogen and oxygen atoms in total. The fourth-order valence-electron chi connectivity index (χ4n) is 1.34. The van der Waals surface area contributed by atoms with Crippen molar-refractivity contribution in [1.29, 1.82) is 0 Å². The Morgan fingerprint density at radius 1 is 1.47 bits per heavy atom. The summed E-state index contributed by atoms with van der Waals surface area (Å²) in [6.45, 7) is 3.97. The van der Waals surface area contributed by atoms with Gasteiger partial charge in [-0.1, -0.05) is 43.5 Å². The van der Waals surface area contributed by atoms with E-state index in [1.807, 2.05) is 19.9 Å². The summed E-state index contributed by atoms with van der Waals surface area (Å²) in [7, 11) is 0. The Morgan fingerprint density at radius 2 is 2.12 bits per heavy atom. The van der Waals surface area contributed by atoms with Crippen molar-refractivity contribution in [3.8, 4) is 0 Å². The van der Waals surface area contributed by atoms with Crippen molar-refractivity contribution < 1.29 is 4.79 Å². The van der Waals surface area contributed by atoms with Gasteiger partial charge in [0.1, 0.15) is 0 Å². The quantitative estimate of drug-likeness (QED) is 0.768. The molecule has 0 heterocycles. The predicted molar refractivity (Wildman–Crippen MR) is 79.1 cm³/mol. The van der Waals surface area contributed by atoms with Crippen LogP contribution in [0.5, 0.6) is 0 Å². The van der Waals surface area contributed by atoms with Crippen molar-refractivity contribution in [3.63, 3.8) is 0 Å². The van der Waals surface area contributed by atoms with Crippen molar-refractivity contribution in [2.24, 2.45) is 0 Å². The maximum atomic E-state index is 12.1. The fourth-order valence-corrected chi connectivity index (χ4v) is 2.90. The number of benzene rings is 1. The molecule has 0 spiro atoms. The lowest BCUT2D eigenvalue weighted by atomic mass is 10.0. The highest BCUT2D eigenvalue weighted by atomic mass is 79.9. The van der Waals surface area contributed by atoms with Gasteiger partial charge in [-0.05, 0) is 38.5 Å². The number of carbonyl (C=O) groups excluding carboxylic acids is 1. The van der Waals surface area contributed by atoms with Crippen LogP contribution in [0.15, 0.2) is 22.7 Å². The maximum absolute atomic E-state index is 12.1. The summed E-state index contributed by atoms with van der Waals surface area (Å²) in [5, 5.41) is 4.27. The monoisotopic (exact) mass is 381 g/mol. The molecular weight excluding hydrogens is 369 g/mol. The molecule has 5 heteroatoms. The molecule has 1 aromatic carbocycles. The molecule has 17 heavy (non-hydrogen) atoms. The Hall–Kier alpha value is -0.0600. The molecule has 1 amide bonds. The molecule has 0 bridgehead atoms. The van der Waals surface area contributed by atoms with E-state index in [1.165, 1.54) is 0 Å². The van der Waals surface area contributed by atoms with Crippen LogP contribution in [0.3, 0.4) is 0 Å². The van der Waals surface area contributed by atoms with Crippen LogP contribution in [-0.4, -0.2) is 16.8 Å². The van der Waals surface area contributed by atoms with Crippen molar-refractivity contribution in [1.82, 2.24) is 5.32 Å². The summed E-state index contributed by atoms with van der Waals surface area (Å²) in [5.41, 5.74) is 0.232. The van der Waals surface area contributed by atoms with Gasteiger partial charge in [-0.25, -0.2) is 0 Å². The third-order valence-corrected chi connectivity index (χ3v) is 3.56. The molecule has 0 aliphatic carbocycles. The van der Waals surface area contributed by atoms with E-state index in [0.717, 1.165) is 16.2 Å². The number of amides is 1. The normalized spacial score (nSPS) is 11.4. The number of halogens is 3. The summed E-state index contributed by atoms with van der Waals surface area (Å²) in [5.74, 6) is -0.151. The van der Waals surface area contributed by atoms with E-state index >= 15 is 0 Å². The standard InChI is InChI=1S/C12H14Br2ClNO/c1-12(2,5-6-13)16-11(17)9-7-8(14)3-4-10(9)15/h3-4,7H,5-6H2,1-2H3,(H,16,17). The van der Waals surface area contributed by atoms with Crippen LogP contribution in [0, 0.1) is 0 Å². The van der Waals surface area contributed by atoms with Crippen molar-refractivity contribution >= 4 is 49.4 Å². The number of carbonyl (C=O) groups is 1. The second-order valence-corrected chi connectivity index (χ2v) is 6.52. The van der Waals surface area contributed by atoms with Crippen LogP contribution in [-0.2, 0) is 0 Å². The summed E-state index contributed by atoms with van der Waals surface area (Å²) >= 11 is 12.7. The number of hydrogen-bond acceptors (Lipinski definition) is 1. The number of rotatable bonds is 4. The van der Waals surface area contributed by atoms with Crippen LogP contribution in [0.25, 0.3) is 0 Å². The van der Waals surface area contributed by atoms with E-state index in [2.05, 4.69) is 37.2 Å². The first kappa shape index (κ1) is 15.0. The van der Waals surface area contributed by atoms with E-state index in [0.29, 0.717) is 10.6 Å². The first-order valence-electron chi connectivity index (χ1n) is 5.19. The average Bonchev–Trinajstić information content (AvgIpc) is 2.20. The molecule has 0 saturated carbocycles. The number of hydrogen-bond donors (Lipinski definition) is 1. The second kappa shape index (κ2) is 6.21. The maximum Gasteiger partial charge on any atom is 0.253 e. The smallest absolute Gasteiger partial charge is 0.253 e. The van der Waals surface area contributed by atoms with Crippen molar-refractivity contribution in [3.05, 3.63) is 33.3 Å². The van der Waals surface area contributed by atoms with Crippen LogP contribution in [0.1, 0.15) is 30.6 Å². The molecular formula is C12H14Br2ClNO. The molecule has 0 radical (unpaired) electrons. The molecule has 0 aromatic heterocycles. The fraction of sp³-hybridized carbons (Fsp3) is 0.417. The molecule has 0 aliphatic heterocycles. The first-order valence-corrected chi connectivity index (χ1v) is 7.48. The molecule has 1 rings (SSSR count).